The van der Waals surface area contributed by atoms with E-state index in [0.29, 0.717) is 6.61 Å². The van der Waals surface area contributed by atoms with Gasteiger partial charge < -0.3 is 24.1 Å². The molecule has 1 aliphatic heterocycles. The summed E-state index contributed by atoms with van der Waals surface area (Å²) >= 11 is 0. The Kier molecular flexibility index (Phi) is 7.23. The summed E-state index contributed by atoms with van der Waals surface area (Å²) in [7, 11) is 5.02. The van der Waals surface area contributed by atoms with Crippen LogP contribution in [0.1, 0.15) is 42.5 Å². The molecule has 3 rings (SSSR count). The van der Waals surface area contributed by atoms with Gasteiger partial charge in [0.05, 0.1) is 27.9 Å². The van der Waals surface area contributed by atoms with E-state index < -0.39 is 0 Å². The van der Waals surface area contributed by atoms with Crippen LogP contribution in [0.3, 0.4) is 0 Å². The predicted octanol–water partition coefficient (Wildman–Crippen LogP) is 3.91. The van der Waals surface area contributed by atoms with Crippen molar-refractivity contribution in [2.24, 2.45) is 0 Å². The highest BCUT2D eigenvalue weighted by Crippen LogP contribution is 2.38. The van der Waals surface area contributed by atoms with E-state index in [-0.39, 0.29) is 12.3 Å². The SMILES string of the molecule is COc1cc(CCC(C)(C)N2Cc3cc(OC)c(OC)cc3C2)ccc1COCO. The molecule has 6 nitrogen and oxygen atoms in total. The standard InChI is InChI=1S/C24H33NO5/c1-24(2,9-8-17-6-7-18(15-30-16-26)21(10-17)27-3)25-13-19-11-22(28-4)23(29-5)12-20(19)14-25/h6-7,10-12,26H,8-9,13-16H2,1-5H3. The Hall–Kier alpha value is -2.28. The Bertz CT molecular complexity index is 832. The third kappa shape index (κ3) is 4.89. The highest BCUT2D eigenvalue weighted by atomic mass is 16.6. The lowest BCUT2D eigenvalue weighted by atomic mass is 9.93. The van der Waals surface area contributed by atoms with E-state index in [1.165, 1.54) is 16.7 Å². The molecule has 1 N–H and O–H groups in total. The molecular formula is C24H33NO5. The van der Waals surface area contributed by atoms with Crippen LogP contribution in [0.4, 0.5) is 0 Å². The molecule has 1 heterocycles. The highest BCUT2D eigenvalue weighted by Gasteiger charge is 2.32. The van der Waals surface area contributed by atoms with Gasteiger partial charge in [0.15, 0.2) is 11.5 Å². The number of methoxy groups -OCH3 is 3. The number of aliphatic hydroxyl groups is 1. The lowest BCUT2D eigenvalue weighted by Crippen LogP contribution is -2.40. The molecule has 1 aliphatic rings. The second kappa shape index (κ2) is 9.69. The molecule has 164 valence electrons. The number of rotatable bonds is 10. The van der Waals surface area contributed by atoms with Gasteiger partial charge in [-0.2, -0.15) is 0 Å². The molecular weight excluding hydrogens is 382 g/mol. The molecule has 0 spiro atoms. The number of hydrogen-bond donors (Lipinski definition) is 1. The maximum absolute atomic E-state index is 8.87. The third-order valence-electron chi connectivity index (χ3n) is 6.01. The molecule has 0 aliphatic carbocycles. The van der Waals surface area contributed by atoms with Gasteiger partial charge in [0.2, 0.25) is 0 Å². The average Bonchev–Trinajstić information content (AvgIpc) is 3.19. The van der Waals surface area contributed by atoms with Crippen LogP contribution in [0.25, 0.3) is 0 Å². The smallest absolute Gasteiger partial charge is 0.161 e. The van der Waals surface area contributed by atoms with Gasteiger partial charge in [0, 0.05) is 24.2 Å². The second-order valence-electron chi connectivity index (χ2n) is 8.27. The fourth-order valence-electron chi connectivity index (χ4n) is 3.98. The molecule has 30 heavy (non-hydrogen) atoms. The van der Waals surface area contributed by atoms with Crippen LogP contribution < -0.4 is 14.2 Å². The van der Waals surface area contributed by atoms with Gasteiger partial charge >= 0.3 is 0 Å². The normalized spacial score (nSPS) is 13.9. The topological polar surface area (TPSA) is 60.4 Å². The van der Waals surface area contributed by atoms with Crippen LogP contribution in [0.5, 0.6) is 17.2 Å². The van der Waals surface area contributed by atoms with Crippen molar-refractivity contribution in [3.8, 4) is 17.2 Å². The van der Waals surface area contributed by atoms with Gasteiger partial charge in [-0.25, -0.2) is 0 Å². The first kappa shape index (κ1) is 22.4. The number of benzene rings is 2. The van der Waals surface area contributed by atoms with Gasteiger partial charge in [0.1, 0.15) is 12.5 Å². The summed E-state index contributed by atoms with van der Waals surface area (Å²) in [6, 6.07) is 10.4. The minimum absolute atomic E-state index is 0.0331. The van der Waals surface area contributed by atoms with E-state index in [2.05, 4.69) is 43.0 Å². The Morgan fingerprint density at radius 2 is 1.50 bits per heavy atom. The number of ether oxygens (including phenoxy) is 4. The first-order valence-electron chi connectivity index (χ1n) is 10.2. The zero-order chi connectivity index (χ0) is 21.7. The van der Waals surface area contributed by atoms with Gasteiger partial charge in [-0.05, 0) is 61.6 Å². The molecule has 0 saturated heterocycles. The molecule has 2 aromatic rings. The Morgan fingerprint density at radius 3 is 2.03 bits per heavy atom. The van der Waals surface area contributed by atoms with E-state index in [1.807, 2.05) is 6.07 Å². The van der Waals surface area contributed by atoms with Crippen molar-refractivity contribution in [2.45, 2.75) is 51.9 Å². The monoisotopic (exact) mass is 415 g/mol. The number of hydrogen-bond acceptors (Lipinski definition) is 6. The van der Waals surface area contributed by atoms with Gasteiger partial charge in [-0.3, -0.25) is 4.90 Å². The maximum atomic E-state index is 8.87. The van der Waals surface area contributed by atoms with Crippen molar-refractivity contribution in [3.63, 3.8) is 0 Å². The molecule has 0 saturated carbocycles. The molecule has 0 aromatic heterocycles. The zero-order valence-corrected chi connectivity index (χ0v) is 18.7. The Morgan fingerprint density at radius 1 is 0.900 bits per heavy atom. The van der Waals surface area contributed by atoms with Gasteiger partial charge in [0.25, 0.3) is 0 Å². The Labute approximate surface area is 179 Å². The Balaban J connectivity index is 1.67. The number of nitrogens with zero attached hydrogens (tertiary/aromatic N) is 1. The lowest BCUT2D eigenvalue weighted by Gasteiger charge is -2.35. The summed E-state index contributed by atoms with van der Waals surface area (Å²) < 4.78 is 21.5. The molecule has 0 radical (unpaired) electrons. The molecule has 6 heteroatoms. The van der Waals surface area contributed by atoms with Crippen molar-refractivity contribution in [1.29, 1.82) is 0 Å². The number of fused-ring (bicyclic) bond motifs is 1. The van der Waals surface area contributed by atoms with E-state index >= 15 is 0 Å². The predicted molar refractivity (Wildman–Crippen MR) is 116 cm³/mol. The summed E-state index contributed by atoms with van der Waals surface area (Å²) in [4.78, 5) is 2.51. The fraction of sp³-hybridized carbons (Fsp3) is 0.500. The quantitative estimate of drug-likeness (QED) is 0.594. The summed E-state index contributed by atoms with van der Waals surface area (Å²) in [6.45, 7) is 6.45. The molecule has 0 fully saturated rings. The molecule has 0 unspecified atom stereocenters. The average molecular weight is 416 g/mol. The number of aryl methyl sites for hydroxylation is 1. The van der Waals surface area contributed by atoms with Crippen molar-refractivity contribution >= 4 is 0 Å². The van der Waals surface area contributed by atoms with Crippen LogP contribution in [0.15, 0.2) is 30.3 Å². The second-order valence-corrected chi connectivity index (χ2v) is 8.27. The molecule has 0 amide bonds. The van der Waals surface area contributed by atoms with Crippen LogP contribution in [-0.4, -0.2) is 43.7 Å². The van der Waals surface area contributed by atoms with Crippen molar-refractivity contribution in [3.05, 3.63) is 52.6 Å². The fourth-order valence-corrected chi connectivity index (χ4v) is 3.98. The van der Waals surface area contributed by atoms with Crippen LogP contribution in [0.2, 0.25) is 0 Å². The highest BCUT2D eigenvalue weighted by molar-refractivity contribution is 5.49. The minimum Gasteiger partial charge on any atom is -0.496 e. The van der Waals surface area contributed by atoms with E-state index in [4.69, 9.17) is 24.1 Å². The summed E-state index contributed by atoms with van der Waals surface area (Å²) in [5.41, 5.74) is 4.80. The largest absolute Gasteiger partial charge is 0.496 e. The van der Waals surface area contributed by atoms with Crippen LogP contribution >= 0.6 is 0 Å². The van der Waals surface area contributed by atoms with E-state index in [0.717, 1.165) is 48.7 Å². The lowest BCUT2D eigenvalue weighted by molar-refractivity contribution is -0.0118. The first-order valence-corrected chi connectivity index (χ1v) is 10.2. The van der Waals surface area contributed by atoms with Crippen molar-refractivity contribution < 1.29 is 24.1 Å². The summed E-state index contributed by atoms with van der Waals surface area (Å²) in [5.74, 6) is 2.37. The van der Waals surface area contributed by atoms with Crippen molar-refractivity contribution in [2.75, 3.05) is 28.1 Å². The molecule has 2 aromatic carbocycles. The first-order chi connectivity index (χ1) is 14.4. The van der Waals surface area contributed by atoms with E-state index in [1.54, 1.807) is 21.3 Å². The number of aliphatic hydroxyl groups excluding tert-OH is 1. The van der Waals surface area contributed by atoms with Gasteiger partial charge in [-0.15, -0.1) is 0 Å². The van der Waals surface area contributed by atoms with Crippen LogP contribution in [-0.2, 0) is 30.9 Å². The van der Waals surface area contributed by atoms with Crippen molar-refractivity contribution in [1.82, 2.24) is 4.90 Å². The van der Waals surface area contributed by atoms with E-state index in [9.17, 15) is 0 Å². The molecule has 0 bridgehead atoms. The van der Waals surface area contributed by atoms with Gasteiger partial charge in [-0.1, -0.05) is 12.1 Å². The van der Waals surface area contributed by atoms with Crippen LogP contribution in [0, 0.1) is 0 Å². The zero-order valence-electron chi connectivity index (χ0n) is 18.7. The third-order valence-corrected chi connectivity index (χ3v) is 6.01. The summed E-state index contributed by atoms with van der Waals surface area (Å²) in [6.07, 6.45) is 1.97. The maximum Gasteiger partial charge on any atom is 0.161 e. The summed E-state index contributed by atoms with van der Waals surface area (Å²) in [5, 5.41) is 8.87. The molecule has 0 atom stereocenters. The minimum atomic E-state index is -0.297.